The maximum Gasteiger partial charge on any atom is 0.276 e. The fraction of sp³-hybridized carbons (Fsp3) is 0.111. The van der Waals surface area contributed by atoms with Gasteiger partial charge >= 0.3 is 0 Å². The van der Waals surface area contributed by atoms with E-state index in [0.29, 0.717) is 16.8 Å². The Labute approximate surface area is 150 Å². The van der Waals surface area contributed by atoms with E-state index in [4.69, 9.17) is 0 Å². The molecule has 0 amide bonds. The first kappa shape index (κ1) is 17.8. The van der Waals surface area contributed by atoms with E-state index >= 15 is 0 Å². The molecule has 0 aliphatic carbocycles. The molecule has 8 heteroatoms. The number of nitrogens with zero attached hydrogens (tertiary/aromatic N) is 2. The van der Waals surface area contributed by atoms with E-state index in [1.807, 2.05) is 13.8 Å². The van der Waals surface area contributed by atoms with Gasteiger partial charge in [-0.2, -0.15) is 18.6 Å². The van der Waals surface area contributed by atoms with E-state index in [0.717, 1.165) is 11.1 Å². The van der Waals surface area contributed by atoms with Crippen LogP contribution in [0.1, 0.15) is 16.7 Å². The van der Waals surface area contributed by atoms with Crippen LogP contribution >= 0.6 is 0 Å². The number of halogens is 1. The van der Waals surface area contributed by atoms with Crippen molar-refractivity contribution in [3.63, 3.8) is 0 Å². The zero-order valence-electron chi connectivity index (χ0n) is 14.2. The van der Waals surface area contributed by atoms with Gasteiger partial charge in [0.15, 0.2) is 0 Å². The number of H-pyrrole nitrogens is 1. The molecule has 0 spiro atoms. The number of hydrogen-bond donors (Lipinski definition) is 2. The second kappa shape index (κ2) is 7.09. The van der Waals surface area contributed by atoms with Gasteiger partial charge in [-0.15, -0.1) is 0 Å². The van der Waals surface area contributed by atoms with Crippen LogP contribution in [0.25, 0.3) is 11.3 Å². The molecule has 0 saturated carbocycles. The molecule has 0 unspecified atom stereocenters. The molecular formula is C18H17FN4O2S. The fourth-order valence-corrected chi connectivity index (χ4v) is 3.22. The Morgan fingerprint density at radius 3 is 2.54 bits per heavy atom. The number of aromatic amines is 1. The summed E-state index contributed by atoms with van der Waals surface area (Å²) in [6.45, 7) is 3.76. The predicted octanol–water partition coefficient (Wildman–Crippen LogP) is 3.15. The zero-order valence-corrected chi connectivity index (χ0v) is 15.0. The van der Waals surface area contributed by atoms with E-state index in [9.17, 15) is 12.8 Å². The van der Waals surface area contributed by atoms with Crippen LogP contribution in [-0.4, -0.2) is 24.8 Å². The maximum absolute atomic E-state index is 13.0. The van der Waals surface area contributed by atoms with Gasteiger partial charge in [0.05, 0.1) is 23.0 Å². The van der Waals surface area contributed by atoms with E-state index in [2.05, 4.69) is 20.1 Å². The van der Waals surface area contributed by atoms with E-state index in [-0.39, 0.29) is 10.7 Å². The molecule has 6 nitrogen and oxygen atoms in total. The summed E-state index contributed by atoms with van der Waals surface area (Å²) in [4.78, 5) is 2.33. The summed E-state index contributed by atoms with van der Waals surface area (Å²) >= 11 is 0. The summed E-state index contributed by atoms with van der Waals surface area (Å²) in [6, 6.07) is 10.7. The predicted molar refractivity (Wildman–Crippen MR) is 97.8 cm³/mol. The topological polar surface area (TPSA) is 87.2 Å². The SMILES string of the molecule is Cc1ccc(S(=O)(=O)N/N=C\c2cn[nH]c2-c2ccc(F)cc2)cc1C. The second-order valence-electron chi connectivity index (χ2n) is 5.81. The van der Waals surface area contributed by atoms with Crippen LogP contribution in [-0.2, 0) is 10.0 Å². The molecule has 2 N–H and O–H groups in total. The smallest absolute Gasteiger partial charge is 0.276 e. The number of benzene rings is 2. The summed E-state index contributed by atoms with van der Waals surface area (Å²) in [5.41, 5.74) is 3.78. The standard InChI is InChI=1S/C18H17FN4O2S/c1-12-3-8-17(9-13(12)2)26(24,25)23-21-11-15-10-20-22-18(15)14-4-6-16(19)7-5-14/h3-11,23H,1-2H3,(H,20,22)/b21-11-. The number of aromatic nitrogens is 2. The molecule has 0 aliphatic heterocycles. The second-order valence-corrected chi connectivity index (χ2v) is 7.47. The molecule has 134 valence electrons. The lowest BCUT2D eigenvalue weighted by atomic mass is 10.1. The maximum atomic E-state index is 13.0. The zero-order chi connectivity index (χ0) is 18.7. The minimum Gasteiger partial charge on any atom is -0.277 e. The third kappa shape index (κ3) is 3.80. The van der Waals surface area contributed by atoms with Crippen LogP contribution in [0.5, 0.6) is 0 Å². The summed E-state index contributed by atoms with van der Waals surface area (Å²) < 4.78 is 37.7. The van der Waals surface area contributed by atoms with Gasteiger partial charge in [0.2, 0.25) is 0 Å². The highest BCUT2D eigenvalue weighted by molar-refractivity contribution is 7.89. The van der Waals surface area contributed by atoms with Gasteiger partial charge < -0.3 is 0 Å². The van der Waals surface area contributed by atoms with E-state index in [1.165, 1.54) is 30.6 Å². The van der Waals surface area contributed by atoms with Gasteiger partial charge in [-0.05, 0) is 61.4 Å². The minimum absolute atomic E-state index is 0.142. The average molecular weight is 372 g/mol. The van der Waals surface area contributed by atoms with Gasteiger partial charge in [0.25, 0.3) is 10.0 Å². The molecule has 1 heterocycles. The lowest BCUT2D eigenvalue weighted by Gasteiger charge is -2.06. The Kier molecular flexibility index (Phi) is 4.85. The quantitative estimate of drug-likeness (QED) is 0.533. The van der Waals surface area contributed by atoms with Gasteiger partial charge in [-0.25, -0.2) is 9.22 Å². The normalized spacial score (nSPS) is 11.8. The van der Waals surface area contributed by atoms with Crippen molar-refractivity contribution in [3.05, 3.63) is 71.2 Å². The van der Waals surface area contributed by atoms with E-state index in [1.54, 1.807) is 24.3 Å². The molecule has 0 bridgehead atoms. The summed E-state index contributed by atoms with van der Waals surface area (Å²) in [5.74, 6) is -0.343. The Bertz CT molecular complexity index is 1060. The summed E-state index contributed by atoms with van der Waals surface area (Å²) in [6.07, 6.45) is 2.85. The molecule has 0 atom stereocenters. The van der Waals surface area contributed by atoms with Crippen molar-refractivity contribution in [1.29, 1.82) is 0 Å². The van der Waals surface area contributed by atoms with Crippen LogP contribution in [0, 0.1) is 19.7 Å². The monoisotopic (exact) mass is 372 g/mol. The first-order valence-electron chi connectivity index (χ1n) is 7.78. The number of rotatable bonds is 5. The summed E-state index contributed by atoms with van der Waals surface area (Å²) in [7, 11) is -3.76. The molecule has 26 heavy (non-hydrogen) atoms. The van der Waals surface area contributed by atoms with Gasteiger partial charge in [-0.1, -0.05) is 6.07 Å². The number of hydrazone groups is 1. The fourth-order valence-electron chi connectivity index (χ4n) is 2.34. The molecular weight excluding hydrogens is 355 g/mol. The van der Waals surface area contributed by atoms with Crippen molar-refractivity contribution in [3.8, 4) is 11.3 Å². The highest BCUT2D eigenvalue weighted by Gasteiger charge is 2.13. The molecule has 0 fully saturated rings. The minimum atomic E-state index is -3.76. The molecule has 1 aromatic heterocycles. The Balaban J connectivity index is 1.80. The highest BCUT2D eigenvalue weighted by Crippen LogP contribution is 2.20. The van der Waals surface area contributed by atoms with Crippen molar-refractivity contribution in [1.82, 2.24) is 15.0 Å². The lowest BCUT2D eigenvalue weighted by Crippen LogP contribution is -2.18. The van der Waals surface area contributed by atoms with Crippen LogP contribution in [0.15, 0.2) is 58.7 Å². The van der Waals surface area contributed by atoms with Crippen LogP contribution in [0.3, 0.4) is 0 Å². The lowest BCUT2D eigenvalue weighted by molar-refractivity contribution is 0.584. The van der Waals surface area contributed by atoms with Crippen molar-refractivity contribution >= 4 is 16.2 Å². The van der Waals surface area contributed by atoms with Crippen LogP contribution in [0.4, 0.5) is 4.39 Å². The molecule has 2 aromatic carbocycles. The average Bonchev–Trinajstić information content (AvgIpc) is 3.06. The number of sulfonamides is 1. The molecule has 0 radical (unpaired) electrons. The van der Waals surface area contributed by atoms with Crippen molar-refractivity contribution in [2.24, 2.45) is 5.10 Å². The third-order valence-corrected chi connectivity index (χ3v) is 5.19. The Morgan fingerprint density at radius 1 is 1.12 bits per heavy atom. The molecule has 0 saturated heterocycles. The number of aryl methyl sites for hydroxylation is 2. The Hall–Kier alpha value is -3.00. The van der Waals surface area contributed by atoms with E-state index < -0.39 is 10.0 Å². The van der Waals surface area contributed by atoms with Crippen LogP contribution in [0.2, 0.25) is 0 Å². The van der Waals surface area contributed by atoms with Crippen molar-refractivity contribution < 1.29 is 12.8 Å². The largest absolute Gasteiger partial charge is 0.277 e. The van der Waals surface area contributed by atoms with Gasteiger partial charge in [0, 0.05) is 11.1 Å². The van der Waals surface area contributed by atoms with Crippen LogP contribution < -0.4 is 4.83 Å². The molecule has 3 rings (SSSR count). The number of hydrogen-bond acceptors (Lipinski definition) is 4. The molecule has 3 aromatic rings. The highest BCUT2D eigenvalue weighted by atomic mass is 32.2. The van der Waals surface area contributed by atoms with Crippen molar-refractivity contribution in [2.45, 2.75) is 18.7 Å². The summed E-state index contributed by atoms with van der Waals surface area (Å²) in [5, 5.41) is 10.5. The first-order valence-corrected chi connectivity index (χ1v) is 9.26. The molecule has 0 aliphatic rings. The van der Waals surface area contributed by atoms with Crippen molar-refractivity contribution in [2.75, 3.05) is 0 Å². The van der Waals surface area contributed by atoms with Gasteiger partial charge in [0.1, 0.15) is 5.82 Å². The number of nitrogens with one attached hydrogen (secondary N) is 2. The Morgan fingerprint density at radius 2 is 1.85 bits per heavy atom. The first-order chi connectivity index (χ1) is 12.4. The van der Waals surface area contributed by atoms with Gasteiger partial charge in [-0.3, -0.25) is 5.10 Å². The third-order valence-electron chi connectivity index (χ3n) is 3.97.